The van der Waals surface area contributed by atoms with Crippen molar-refractivity contribution >= 4 is 23.2 Å². The van der Waals surface area contributed by atoms with Gasteiger partial charge in [0.25, 0.3) is 0 Å². The molecular formula is C13H14ClFN2O. The van der Waals surface area contributed by atoms with Gasteiger partial charge in [-0.3, -0.25) is 4.79 Å². The van der Waals surface area contributed by atoms with Gasteiger partial charge in [0.15, 0.2) is 5.82 Å². The summed E-state index contributed by atoms with van der Waals surface area (Å²) in [5, 5.41) is 6.06. The molecule has 2 N–H and O–H groups in total. The second-order valence-corrected chi connectivity index (χ2v) is 5.39. The van der Waals surface area contributed by atoms with Crippen molar-refractivity contribution < 1.29 is 9.18 Å². The molecule has 0 radical (unpaired) electrons. The predicted molar refractivity (Wildman–Crippen MR) is 68.1 cm³/mol. The van der Waals surface area contributed by atoms with E-state index in [0.717, 1.165) is 19.3 Å². The van der Waals surface area contributed by atoms with Gasteiger partial charge in [-0.15, -0.1) is 0 Å². The summed E-state index contributed by atoms with van der Waals surface area (Å²) in [6.45, 7) is 0. The van der Waals surface area contributed by atoms with Crippen LogP contribution in [0, 0.1) is 11.7 Å². The molecule has 2 bridgehead atoms. The number of carbonyl (C=O) groups is 1. The van der Waals surface area contributed by atoms with Crippen LogP contribution in [-0.2, 0) is 4.79 Å². The van der Waals surface area contributed by atoms with E-state index in [2.05, 4.69) is 10.6 Å². The van der Waals surface area contributed by atoms with Crippen LogP contribution in [-0.4, -0.2) is 18.0 Å². The van der Waals surface area contributed by atoms with Gasteiger partial charge in [0, 0.05) is 12.1 Å². The molecule has 3 atom stereocenters. The van der Waals surface area contributed by atoms with Gasteiger partial charge in [-0.25, -0.2) is 4.39 Å². The van der Waals surface area contributed by atoms with Gasteiger partial charge in [-0.1, -0.05) is 17.7 Å². The van der Waals surface area contributed by atoms with E-state index in [-0.39, 0.29) is 28.6 Å². The number of nitrogens with one attached hydrogen (secondary N) is 2. The lowest BCUT2D eigenvalue weighted by atomic mass is 9.88. The van der Waals surface area contributed by atoms with Crippen LogP contribution in [0.25, 0.3) is 0 Å². The number of halogens is 2. The molecule has 2 aliphatic heterocycles. The number of amides is 1. The number of anilines is 1. The molecule has 1 amide bonds. The Morgan fingerprint density at radius 2 is 2.28 bits per heavy atom. The summed E-state index contributed by atoms with van der Waals surface area (Å²) in [6, 6.07) is 5.32. The molecule has 3 rings (SSSR count). The first-order valence-corrected chi connectivity index (χ1v) is 6.54. The number of carbonyl (C=O) groups excluding carboxylic acids is 1. The summed E-state index contributed by atoms with van der Waals surface area (Å²) in [7, 11) is 0. The van der Waals surface area contributed by atoms with E-state index in [9.17, 15) is 9.18 Å². The largest absolute Gasteiger partial charge is 0.323 e. The van der Waals surface area contributed by atoms with Gasteiger partial charge in [-0.05, 0) is 31.4 Å². The van der Waals surface area contributed by atoms with E-state index in [1.54, 1.807) is 6.07 Å². The Kier molecular flexibility index (Phi) is 2.99. The maximum atomic E-state index is 13.7. The Labute approximate surface area is 110 Å². The third-order valence-electron chi connectivity index (χ3n) is 3.85. The molecule has 1 aromatic carbocycles. The molecule has 2 heterocycles. The van der Waals surface area contributed by atoms with Crippen molar-refractivity contribution in [3.63, 3.8) is 0 Å². The van der Waals surface area contributed by atoms with Gasteiger partial charge in [0.1, 0.15) is 0 Å². The minimum atomic E-state index is -0.566. The SMILES string of the molecule is O=C(Nc1cccc(Cl)c1F)C1CC2CCC1N2. The number of fused-ring (bicyclic) bond motifs is 2. The van der Waals surface area contributed by atoms with Crippen LogP contribution in [0.2, 0.25) is 5.02 Å². The maximum absolute atomic E-state index is 13.7. The average molecular weight is 269 g/mol. The monoisotopic (exact) mass is 268 g/mol. The first-order valence-electron chi connectivity index (χ1n) is 6.16. The van der Waals surface area contributed by atoms with Crippen LogP contribution in [0.5, 0.6) is 0 Å². The minimum Gasteiger partial charge on any atom is -0.323 e. The lowest BCUT2D eigenvalue weighted by molar-refractivity contribution is -0.120. The predicted octanol–water partition coefficient (Wildman–Crippen LogP) is 2.56. The molecule has 96 valence electrons. The molecular weight excluding hydrogens is 255 g/mol. The molecule has 0 saturated carbocycles. The van der Waals surface area contributed by atoms with Crippen LogP contribution in [0.3, 0.4) is 0 Å². The maximum Gasteiger partial charge on any atom is 0.229 e. The molecule has 1 aromatic rings. The number of rotatable bonds is 2. The van der Waals surface area contributed by atoms with Crippen molar-refractivity contribution in [1.29, 1.82) is 0 Å². The second-order valence-electron chi connectivity index (χ2n) is 4.98. The summed E-state index contributed by atoms with van der Waals surface area (Å²) in [4.78, 5) is 12.1. The highest BCUT2D eigenvalue weighted by Gasteiger charge is 2.42. The summed E-state index contributed by atoms with van der Waals surface area (Å²) < 4.78 is 13.7. The molecule has 5 heteroatoms. The fourth-order valence-electron chi connectivity index (χ4n) is 2.94. The zero-order valence-corrected chi connectivity index (χ0v) is 10.5. The van der Waals surface area contributed by atoms with E-state index in [4.69, 9.17) is 11.6 Å². The molecule has 2 fully saturated rings. The molecule has 18 heavy (non-hydrogen) atoms. The third-order valence-corrected chi connectivity index (χ3v) is 4.14. The minimum absolute atomic E-state index is 0.0267. The molecule has 2 saturated heterocycles. The first-order chi connectivity index (χ1) is 8.65. The topological polar surface area (TPSA) is 41.1 Å². The Hall–Kier alpha value is -1.13. The molecule has 2 aliphatic rings. The Bertz CT molecular complexity index is 494. The summed E-state index contributed by atoms with van der Waals surface area (Å²) >= 11 is 5.68. The quantitative estimate of drug-likeness (QED) is 0.866. The first kappa shape index (κ1) is 11.9. The summed E-state index contributed by atoms with van der Waals surface area (Å²) in [5.74, 6) is -0.735. The lowest BCUT2D eigenvalue weighted by Crippen LogP contribution is -2.33. The van der Waals surface area contributed by atoms with Gasteiger partial charge in [-0.2, -0.15) is 0 Å². The van der Waals surface area contributed by atoms with E-state index < -0.39 is 5.82 Å². The van der Waals surface area contributed by atoms with E-state index in [1.165, 1.54) is 12.1 Å². The Morgan fingerprint density at radius 1 is 1.44 bits per heavy atom. The van der Waals surface area contributed by atoms with Gasteiger partial charge in [0.05, 0.1) is 16.6 Å². The molecule has 3 unspecified atom stereocenters. The highest BCUT2D eigenvalue weighted by molar-refractivity contribution is 6.31. The van der Waals surface area contributed by atoms with Crippen molar-refractivity contribution in [3.05, 3.63) is 29.0 Å². The fraction of sp³-hybridized carbons (Fsp3) is 0.462. The van der Waals surface area contributed by atoms with Crippen molar-refractivity contribution in [2.75, 3.05) is 5.32 Å². The van der Waals surface area contributed by atoms with Crippen LogP contribution in [0.15, 0.2) is 18.2 Å². The van der Waals surface area contributed by atoms with Crippen LogP contribution >= 0.6 is 11.6 Å². The fourth-order valence-corrected chi connectivity index (χ4v) is 3.11. The van der Waals surface area contributed by atoms with Crippen molar-refractivity contribution in [3.8, 4) is 0 Å². The third kappa shape index (κ3) is 1.99. The second kappa shape index (κ2) is 4.52. The Balaban J connectivity index is 1.73. The van der Waals surface area contributed by atoms with Crippen molar-refractivity contribution in [2.45, 2.75) is 31.3 Å². The zero-order valence-electron chi connectivity index (χ0n) is 9.75. The van der Waals surface area contributed by atoms with Gasteiger partial charge >= 0.3 is 0 Å². The highest BCUT2D eigenvalue weighted by Crippen LogP contribution is 2.34. The normalized spacial score (nSPS) is 29.6. The Morgan fingerprint density at radius 3 is 2.94 bits per heavy atom. The number of hydrogen-bond acceptors (Lipinski definition) is 2. The van der Waals surface area contributed by atoms with Gasteiger partial charge < -0.3 is 10.6 Å². The smallest absolute Gasteiger partial charge is 0.229 e. The zero-order chi connectivity index (χ0) is 12.7. The van der Waals surface area contributed by atoms with Crippen molar-refractivity contribution in [1.82, 2.24) is 5.32 Å². The molecule has 0 spiro atoms. The average Bonchev–Trinajstić information content (AvgIpc) is 2.97. The van der Waals surface area contributed by atoms with Crippen molar-refractivity contribution in [2.24, 2.45) is 5.92 Å². The lowest BCUT2D eigenvalue weighted by Gasteiger charge is -2.19. The van der Waals surface area contributed by atoms with Crippen LogP contribution in [0.1, 0.15) is 19.3 Å². The number of benzene rings is 1. The number of hydrogen-bond donors (Lipinski definition) is 2. The van der Waals surface area contributed by atoms with Crippen LogP contribution in [0.4, 0.5) is 10.1 Å². The molecule has 0 aliphatic carbocycles. The summed E-state index contributed by atoms with van der Waals surface area (Å²) in [6.07, 6.45) is 3.01. The molecule has 0 aromatic heterocycles. The van der Waals surface area contributed by atoms with E-state index >= 15 is 0 Å². The highest BCUT2D eigenvalue weighted by atomic mass is 35.5. The van der Waals surface area contributed by atoms with Crippen LogP contribution < -0.4 is 10.6 Å². The standard InChI is InChI=1S/C13H14ClFN2O/c14-9-2-1-3-11(12(9)15)17-13(18)8-6-7-4-5-10(8)16-7/h1-3,7-8,10,16H,4-6H2,(H,17,18). The molecule has 3 nitrogen and oxygen atoms in total. The van der Waals surface area contributed by atoms with E-state index in [0.29, 0.717) is 6.04 Å². The van der Waals surface area contributed by atoms with E-state index in [1.807, 2.05) is 0 Å². The van der Waals surface area contributed by atoms with Gasteiger partial charge in [0.2, 0.25) is 5.91 Å². The summed E-state index contributed by atoms with van der Waals surface area (Å²) in [5.41, 5.74) is 0.162.